The summed E-state index contributed by atoms with van der Waals surface area (Å²) in [5.41, 5.74) is 1.61. The molecule has 0 N–H and O–H groups in total. The normalized spacial score (nSPS) is 17.9. The Bertz CT molecular complexity index is 1960. The third kappa shape index (κ3) is 5.33. The van der Waals surface area contributed by atoms with E-state index < -0.39 is 24.1 Å². The molecule has 0 aliphatic carbocycles. The molecule has 1 atom stereocenters. The van der Waals surface area contributed by atoms with Gasteiger partial charge >= 0.3 is 5.69 Å². The maximum atomic E-state index is 15.5. The predicted molar refractivity (Wildman–Crippen MR) is 170 cm³/mol. The Morgan fingerprint density at radius 1 is 1.30 bits per heavy atom. The molecule has 8 nitrogen and oxygen atoms in total. The largest absolute Gasteiger partial charge is 0.355 e. The Labute approximate surface area is 259 Å². The highest BCUT2D eigenvalue weighted by atomic mass is 35.5. The van der Waals surface area contributed by atoms with E-state index in [1.165, 1.54) is 33.8 Å². The summed E-state index contributed by atoms with van der Waals surface area (Å²) in [5.74, 6) is -0.907. The van der Waals surface area contributed by atoms with Gasteiger partial charge in [-0.05, 0) is 54.7 Å². The first-order chi connectivity index (χ1) is 21.8. The molecule has 5 rings (SSSR count). The van der Waals surface area contributed by atoms with Crippen LogP contribution in [-0.2, 0) is 11.2 Å². The van der Waals surface area contributed by atoms with Gasteiger partial charge in [-0.15, -0.1) is 0 Å². The number of nitrogens with zero attached hydrogens (tertiary/aromatic N) is 6. The number of hydrogen-bond acceptors (Lipinski definition) is 6. The number of hydrogen-bond donors (Lipinski definition) is 0. The van der Waals surface area contributed by atoms with Gasteiger partial charge in [0.05, 0.1) is 31.6 Å². The zero-order valence-electron chi connectivity index (χ0n) is 27.5. The molecule has 1 amide bonds. The Hall–Kier alpha value is -4.37. The Balaban J connectivity index is 1.89. The minimum absolute atomic E-state index is 0.00753. The zero-order valence-corrected chi connectivity index (χ0v) is 25.2. The average molecular weight is 604 g/mol. The van der Waals surface area contributed by atoms with Gasteiger partial charge in [0.1, 0.15) is 11.6 Å². The molecular formula is C33H34ClFN6O2. The number of carbonyl (C=O) groups is 1. The summed E-state index contributed by atoms with van der Waals surface area (Å²) < 4.78 is 41.5. The third-order valence-corrected chi connectivity index (χ3v) is 7.93. The number of aromatic nitrogens is 4. The van der Waals surface area contributed by atoms with Crippen LogP contribution in [0.4, 0.5) is 10.2 Å². The van der Waals surface area contributed by atoms with E-state index in [-0.39, 0.29) is 64.8 Å². The molecule has 0 spiro atoms. The van der Waals surface area contributed by atoms with Gasteiger partial charge in [0, 0.05) is 37.4 Å². The second-order valence-corrected chi connectivity index (χ2v) is 11.1. The van der Waals surface area contributed by atoms with Gasteiger partial charge in [0.25, 0.3) is 0 Å². The Morgan fingerprint density at radius 3 is 2.77 bits per heavy atom. The fourth-order valence-electron chi connectivity index (χ4n) is 5.53. The molecule has 0 radical (unpaired) electrons. The van der Waals surface area contributed by atoms with Crippen LogP contribution in [0.15, 0.2) is 60.5 Å². The van der Waals surface area contributed by atoms with Crippen LogP contribution >= 0.6 is 11.6 Å². The lowest BCUT2D eigenvalue weighted by Crippen LogP contribution is -2.54. The quantitative estimate of drug-likeness (QED) is 0.234. The lowest BCUT2D eigenvalue weighted by Gasteiger charge is -2.40. The summed E-state index contributed by atoms with van der Waals surface area (Å²) in [6, 6.07) is 6.23. The molecule has 4 heterocycles. The number of piperazine rings is 1. The van der Waals surface area contributed by atoms with Crippen molar-refractivity contribution in [1.82, 2.24) is 24.4 Å². The summed E-state index contributed by atoms with van der Waals surface area (Å²) >= 11 is 6.86. The molecular weight excluding hydrogens is 567 g/mol. The van der Waals surface area contributed by atoms with Gasteiger partial charge in [-0.2, -0.15) is 4.98 Å². The van der Waals surface area contributed by atoms with Gasteiger partial charge in [-0.3, -0.25) is 9.78 Å². The maximum absolute atomic E-state index is 15.5. The minimum Gasteiger partial charge on any atom is -0.350 e. The second kappa shape index (κ2) is 12.1. The van der Waals surface area contributed by atoms with E-state index in [1.54, 1.807) is 30.2 Å². The fourth-order valence-corrected chi connectivity index (χ4v) is 5.78. The number of halogens is 2. The van der Waals surface area contributed by atoms with E-state index in [1.807, 2.05) is 26.8 Å². The SMILES string of the molecule is [2H]C([2H])=Cc1cccc(F)c1-c1nc2c(cc1Cl)c(N1CCN(C(=O)C=C)C[C@]1([2H])C)nc(=O)n2-c1c(CC)ccnc1C(C)C. The summed E-state index contributed by atoms with van der Waals surface area (Å²) in [6.45, 7) is 11.0. The van der Waals surface area contributed by atoms with Crippen molar-refractivity contribution < 1.29 is 13.3 Å². The molecule has 222 valence electrons. The molecule has 0 unspecified atom stereocenters. The smallest absolute Gasteiger partial charge is 0.350 e. The van der Waals surface area contributed by atoms with Crippen molar-refractivity contribution in [3.63, 3.8) is 0 Å². The van der Waals surface area contributed by atoms with Gasteiger partial charge in [-0.25, -0.2) is 18.7 Å². The van der Waals surface area contributed by atoms with Crippen molar-refractivity contribution in [2.24, 2.45) is 0 Å². The Morgan fingerprint density at radius 2 is 2.09 bits per heavy atom. The van der Waals surface area contributed by atoms with Crippen LogP contribution in [0.5, 0.6) is 0 Å². The molecule has 1 aliphatic rings. The highest BCUT2D eigenvalue weighted by molar-refractivity contribution is 6.34. The summed E-state index contributed by atoms with van der Waals surface area (Å²) in [7, 11) is 0. The molecule has 1 fully saturated rings. The number of aryl methyl sites for hydroxylation is 1. The standard InChI is InChI=1S/C33H34ClFN6O2/c1-7-21-11-10-12-25(35)27(21)29-24(34)17-23-31(40-16-15-39(18-20(40)6)26(42)9-3)38-33(43)41(32(23)37-29)30-22(8-2)13-14-36-28(30)19(4)5/h7,9-14,17,19-20H,1,3,8,15-16,18H2,2,4-6H3/t20-/m0/s1/i1D2,20D. The highest BCUT2D eigenvalue weighted by Crippen LogP contribution is 2.37. The molecule has 4 aromatic rings. The predicted octanol–water partition coefficient (Wildman–Crippen LogP) is 6.19. The molecule has 1 aromatic carbocycles. The number of amides is 1. The third-order valence-electron chi connectivity index (χ3n) is 7.64. The van der Waals surface area contributed by atoms with Crippen molar-refractivity contribution in [1.29, 1.82) is 0 Å². The van der Waals surface area contributed by atoms with Crippen molar-refractivity contribution in [2.75, 3.05) is 24.5 Å². The number of rotatable bonds is 7. The molecule has 10 heteroatoms. The minimum atomic E-state index is -1.39. The van der Waals surface area contributed by atoms with E-state index in [4.69, 9.17) is 19.3 Å². The lowest BCUT2D eigenvalue weighted by molar-refractivity contribution is -0.126. The first-order valence-corrected chi connectivity index (χ1v) is 14.4. The van der Waals surface area contributed by atoms with Crippen LogP contribution in [-0.4, -0.2) is 56.0 Å². The summed E-state index contributed by atoms with van der Waals surface area (Å²) in [6.07, 6.45) is 4.65. The number of pyridine rings is 2. The van der Waals surface area contributed by atoms with Gasteiger partial charge in [0.15, 0.2) is 5.65 Å². The number of anilines is 1. The highest BCUT2D eigenvalue weighted by Gasteiger charge is 2.31. The van der Waals surface area contributed by atoms with Crippen molar-refractivity contribution >= 4 is 40.4 Å². The fraction of sp³-hybridized carbons (Fsp3) is 0.303. The van der Waals surface area contributed by atoms with Crippen molar-refractivity contribution in [3.05, 3.63) is 93.9 Å². The number of carbonyl (C=O) groups excluding carboxylic acids is 1. The van der Waals surface area contributed by atoms with E-state index in [0.717, 1.165) is 5.56 Å². The van der Waals surface area contributed by atoms with Gasteiger partial charge in [-0.1, -0.05) is 63.7 Å². The second-order valence-electron chi connectivity index (χ2n) is 10.7. The molecule has 1 saturated heterocycles. The van der Waals surface area contributed by atoms with Crippen LogP contribution < -0.4 is 10.6 Å². The lowest BCUT2D eigenvalue weighted by atomic mass is 10.0. The number of benzene rings is 1. The van der Waals surface area contributed by atoms with Crippen LogP contribution in [0.3, 0.4) is 0 Å². The van der Waals surface area contributed by atoms with E-state index >= 15 is 4.39 Å². The van der Waals surface area contributed by atoms with Crippen LogP contribution in [0.25, 0.3) is 34.1 Å². The van der Waals surface area contributed by atoms with Crippen molar-refractivity contribution in [2.45, 2.75) is 46.1 Å². The average Bonchev–Trinajstić information content (AvgIpc) is 2.99. The van der Waals surface area contributed by atoms with Crippen LogP contribution in [0.2, 0.25) is 5.02 Å². The molecule has 3 aromatic heterocycles. The molecule has 1 aliphatic heterocycles. The first kappa shape index (κ1) is 26.3. The Kier molecular flexibility index (Phi) is 7.39. The molecule has 43 heavy (non-hydrogen) atoms. The van der Waals surface area contributed by atoms with E-state index in [2.05, 4.69) is 16.5 Å². The maximum Gasteiger partial charge on any atom is 0.355 e. The zero-order chi connectivity index (χ0) is 33.5. The van der Waals surface area contributed by atoms with Gasteiger partial charge in [0.2, 0.25) is 5.91 Å². The summed E-state index contributed by atoms with van der Waals surface area (Å²) in [5, 5.41) is 0.376. The molecule has 0 saturated carbocycles. The van der Waals surface area contributed by atoms with Gasteiger partial charge < -0.3 is 9.80 Å². The first-order valence-electron chi connectivity index (χ1n) is 15.5. The van der Waals surface area contributed by atoms with E-state index in [0.29, 0.717) is 23.2 Å². The van der Waals surface area contributed by atoms with E-state index in [9.17, 15) is 11.0 Å². The number of fused-ring (bicyclic) bond motifs is 1. The van der Waals surface area contributed by atoms with Crippen LogP contribution in [0, 0.1) is 5.82 Å². The summed E-state index contributed by atoms with van der Waals surface area (Å²) in [4.78, 5) is 43.8. The van der Waals surface area contributed by atoms with Crippen molar-refractivity contribution in [3.8, 4) is 16.9 Å². The monoisotopic (exact) mass is 603 g/mol. The molecule has 0 bridgehead atoms. The topological polar surface area (TPSA) is 84.2 Å². The van der Waals surface area contributed by atoms with Crippen LogP contribution in [0.1, 0.15) is 54.5 Å².